The number of aliphatic hydroxyl groups excluding tert-OH is 1. The van der Waals surface area contributed by atoms with Gasteiger partial charge in [0.2, 0.25) is 0 Å². The van der Waals surface area contributed by atoms with Crippen LogP contribution in [0.25, 0.3) is 10.8 Å². The Balaban J connectivity index is 1.90. The van der Waals surface area contributed by atoms with Crippen LogP contribution in [0.4, 0.5) is 17.1 Å². The van der Waals surface area contributed by atoms with Gasteiger partial charge in [-0.05, 0) is 54.1 Å². The standard InChI is InChI=1S/C24H22N2O/c1-19(27)25(22-12-4-2-5-13-22)26(23-14-6-3-7-15-23)24-17-16-20-10-8-9-11-21(20)18-24/h2-19,27H,1H3. The molecule has 4 aromatic rings. The van der Waals surface area contributed by atoms with Crippen molar-refractivity contribution in [3.8, 4) is 0 Å². The summed E-state index contributed by atoms with van der Waals surface area (Å²) in [6.45, 7) is 1.78. The lowest BCUT2D eigenvalue weighted by Gasteiger charge is -2.40. The minimum atomic E-state index is -0.709. The van der Waals surface area contributed by atoms with Crippen LogP contribution in [0.1, 0.15) is 6.92 Å². The number of aliphatic hydroxyl groups is 1. The molecule has 3 heteroatoms. The van der Waals surface area contributed by atoms with Gasteiger partial charge in [-0.1, -0.05) is 66.7 Å². The Bertz CT molecular complexity index is 1020. The van der Waals surface area contributed by atoms with Gasteiger partial charge in [0.1, 0.15) is 6.23 Å². The number of hydrogen-bond donors (Lipinski definition) is 1. The van der Waals surface area contributed by atoms with Crippen molar-refractivity contribution in [1.82, 2.24) is 0 Å². The Morgan fingerprint density at radius 2 is 1.15 bits per heavy atom. The molecule has 0 spiro atoms. The molecule has 0 aliphatic heterocycles. The average molecular weight is 354 g/mol. The molecule has 4 rings (SSSR count). The third-order valence-electron chi connectivity index (χ3n) is 4.57. The highest BCUT2D eigenvalue weighted by molar-refractivity contribution is 5.87. The second-order valence-corrected chi connectivity index (χ2v) is 6.49. The molecule has 0 aromatic heterocycles. The number of benzene rings is 4. The minimum absolute atomic E-state index is 0.709. The Morgan fingerprint density at radius 3 is 1.78 bits per heavy atom. The molecule has 1 atom stereocenters. The van der Waals surface area contributed by atoms with Crippen LogP contribution in [-0.4, -0.2) is 11.3 Å². The molecule has 0 heterocycles. The SMILES string of the molecule is CC(O)N(c1ccccc1)N(c1ccccc1)c1ccc2ccccc2c1. The van der Waals surface area contributed by atoms with E-state index in [0.717, 1.165) is 22.4 Å². The molecule has 4 aromatic carbocycles. The predicted octanol–water partition coefficient (Wildman–Crippen LogP) is 5.74. The van der Waals surface area contributed by atoms with Crippen LogP contribution in [0.5, 0.6) is 0 Å². The second-order valence-electron chi connectivity index (χ2n) is 6.49. The maximum atomic E-state index is 10.7. The van der Waals surface area contributed by atoms with Crippen LogP contribution in [0.3, 0.4) is 0 Å². The topological polar surface area (TPSA) is 26.7 Å². The summed E-state index contributed by atoms with van der Waals surface area (Å²) < 4.78 is 0. The zero-order valence-corrected chi connectivity index (χ0v) is 15.2. The summed E-state index contributed by atoms with van der Waals surface area (Å²) in [4.78, 5) is 0. The Morgan fingerprint density at radius 1 is 0.593 bits per heavy atom. The largest absolute Gasteiger partial charge is 0.372 e. The number of para-hydroxylation sites is 2. The van der Waals surface area contributed by atoms with E-state index >= 15 is 0 Å². The highest BCUT2D eigenvalue weighted by Gasteiger charge is 2.23. The van der Waals surface area contributed by atoms with E-state index in [1.54, 1.807) is 6.92 Å². The van der Waals surface area contributed by atoms with Gasteiger partial charge in [0, 0.05) is 0 Å². The molecule has 27 heavy (non-hydrogen) atoms. The van der Waals surface area contributed by atoms with Crippen LogP contribution in [0.2, 0.25) is 0 Å². The summed E-state index contributed by atoms with van der Waals surface area (Å²) in [5.74, 6) is 0. The van der Waals surface area contributed by atoms with Crippen LogP contribution in [0, 0.1) is 0 Å². The van der Waals surface area contributed by atoms with Gasteiger partial charge in [-0.2, -0.15) is 0 Å². The molecular weight excluding hydrogens is 332 g/mol. The maximum Gasteiger partial charge on any atom is 0.143 e. The highest BCUT2D eigenvalue weighted by atomic mass is 16.3. The van der Waals surface area contributed by atoms with Crippen molar-refractivity contribution in [1.29, 1.82) is 0 Å². The van der Waals surface area contributed by atoms with E-state index in [-0.39, 0.29) is 0 Å². The lowest BCUT2D eigenvalue weighted by atomic mass is 10.1. The summed E-state index contributed by atoms with van der Waals surface area (Å²) in [6, 6.07) is 34.7. The van der Waals surface area contributed by atoms with Crippen molar-refractivity contribution in [2.75, 3.05) is 10.0 Å². The zero-order valence-electron chi connectivity index (χ0n) is 15.2. The fraction of sp³-hybridized carbons (Fsp3) is 0.0833. The molecular formula is C24H22N2O. The Labute approximate surface area is 159 Å². The maximum absolute atomic E-state index is 10.7. The van der Waals surface area contributed by atoms with Crippen LogP contribution >= 0.6 is 0 Å². The number of rotatable bonds is 5. The molecule has 134 valence electrons. The number of nitrogens with zero attached hydrogens (tertiary/aromatic N) is 2. The van der Waals surface area contributed by atoms with Crippen LogP contribution < -0.4 is 10.0 Å². The first kappa shape index (κ1) is 17.1. The second kappa shape index (κ2) is 7.52. The van der Waals surface area contributed by atoms with Gasteiger partial charge in [-0.15, -0.1) is 0 Å². The monoisotopic (exact) mass is 354 g/mol. The predicted molar refractivity (Wildman–Crippen MR) is 113 cm³/mol. The van der Waals surface area contributed by atoms with E-state index < -0.39 is 6.23 Å². The number of hydrazine groups is 1. The first-order valence-corrected chi connectivity index (χ1v) is 9.10. The van der Waals surface area contributed by atoms with Gasteiger partial charge >= 0.3 is 0 Å². The highest BCUT2D eigenvalue weighted by Crippen LogP contribution is 2.33. The smallest absolute Gasteiger partial charge is 0.143 e. The van der Waals surface area contributed by atoms with Crippen molar-refractivity contribution < 1.29 is 5.11 Å². The van der Waals surface area contributed by atoms with E-state index in [0.29, 0.717) is 0 Å². The van der Waals surface area contributed by atoms with Crippen molar-refractivity contribution >= 4 is 27.8 Å². The molecule has 3 nitrogen and oxygen atoms in total. The van der Waals surface area contributed by atoms with E-state index in [9.17, 15) is 5.11 Å². The molecule has 0 bridgehead atoms. The summed E-state index contributed by atoms with van der Waals surface area (Å²) in [7, 11) is 0. The summed E-state index contributed by atoms with van der Waals surface area (Å²) in [5.41, 5.74) is 2.90. The lowest BCUT2D eigenvalue weighted by molar-refractivity contribution is 0.188. The van der Waals surface area contributed by atoms with Crippen molar-refractivity contribution in [3.63, 3.8) is 0 Å². The number of anilines is 3. The van der Waals surface area contributed by atoms with E-state index in [1.165, 1.54) is 5.39 Å². The van der Waals surface area contributed by atoms with Crippen LogP contribution in [0.15, 0.2) is 103 Å². The van der Waals surface area contributed by atoms with Gasteiger partial charge in [-0.25, -0.2) is 0 Å². The first-order valence-electron chi connectivity index (χ1n) is 9.10. The van der Waals surface area contributed by atoms with Crippen molar-refractivity contribution in [2.45, 2.75) is 13.2 Å². The fourth-order valence-corrected chi connectivity index (χ4v) is 3.35. The molecule has 1 unspecified atom stereocenters. The van der Waals surface area contributed by atoms with Crippen LogP contribution in [-0.2, 0) is 0 Å². The summed E-state index contributed by atoms with van der Waals surface area (Å²) in [6.07, 6.45) is -0.709. The molecule has 1 N–H and O–H groups in total. The van der Waals surface area contributed by atoms with Gasteiger partial charge in [0.25, 0.3) is 0 Å². The third kappa shape index (κ3) is 3.50. The Hall–Kier alpha value is -3.30. The van der Waals surface area contributed by atoms with Gasteiger partial charge in [0.15, 0.2) is 0 Å². The summed E-state index contributed by atoms with van der Waals surface area (Å²) in [5, 5.41) is 17.0. The average Bonchev–Trinajstić information content (AvgIpc) is 2.72. The number of fused-ring (bicyclic) bond motifs is 1. The molecule has 0 saturated heterocycles. The van der Waals surface area contributed by atoms with Gasteiger partial charge in [0.05, 0.1) is 17.1 Å². The fourth-order valence-electron chi connectivity index (χ4n) is 3.35. The molecule has 0 saturated carbocycles. The summed E-state index contributed by atoms with van der Waals surface area (Å²) >= 11 is 0. The molecule has 0 fully saturated rings. The van der Waals surface area contributed by atoms with Crippen molar-refractivity contribution in [3.05, 3.63) is 103 Å². The van der Waals surface area contributed by atoms with Gasteiger partial charge in [-0.3, -0.25) is 10.0 Å². The zero-order chi connectivity index (χ0) is 18.6. The quantitative estimate of drug-likeness (QED) is 0.366. The molecule has 0 amide bonds. The number of hydrogen-bond acceptors (Lipinski definition) is 3. The molecule has 0 aliphatic rings. The minimum Gasteiger partial charge on any atom is -0.372 e. The van der Waals surface area contributed by atoms with Gasteiger partial charge < -0.3 is 5.11 Å². The third-order valence-corrected chi connectivity index (χ3v) is 4.57. The van der Waals surface area contributed by atoms with E-state index in [2.05, 4.69) is 35.3 Å². The first-order chi connectivity index (χ1) is 13.2. The van der Waals surface area contributed by atoms with Crippen molar-refractivity contribution in [2.24, 2.45) is 0 Å². The van der Waals surface area contributed by atoms with E-state index in [4.69, 9.17) is 0 Å². The molecule has 0 aliphatic carbocycles. The Kier molecular flexibility index (Phi) is 4.77. The normalized spacial score (nSPS) is 11.9. The van der Waals surface area contributed by atoms with E-state index in [1.807, 2.05) is 77.8 Å². The lowest BCUT2D eigenvalue weighted by Crippen LogP contribution is -2.45. The molecule has 0 radical (unpaired) electrons.